The summed E-state index contributed by atoms with van der Waals surface area (Å²) in [5.41, 5.74) is 5.25. The van der Waals surface area contributed by atoms with Crippen molar-refractivity contribution in [1.82, 2.24) is 5.32 Å². The Morgan fingerprint density at radius 2 is 1.81 bits per heavy atom. The second-order valence-electron chi connectivity index (χ2n) is 8.50. The first kappa shape index (κ1) is 21.4. The van der Waals surface area contributed by atoms with E-state index >= 15 is 0 Å². The topological polar surface area (TPSA) is 60.7 Å². The van der Waals surface area contributed by atoms with Gasteiger partial charge in [-0.2, -0.15) is 0 Å². The molecule has 2 aromatic carbocycles. The molecule has 1 N–H and O–H groups in total. The Labute approximate surface area is 183 Å². The lowest BCUT2D eigenvalue weighted by Gasteiger charge is -2.38. The van der Waals surface area contributed by atoms with E-state index in [9.17, 15) is 4.79 Å². The van der Waals surface area contributed by atoms with Crippen LogP contribution in [0.15, 0.2) is 47.1 Å². The lowest BCUT2D eigenvalue weighted by Crippen LogP contribution is -2.45. The summed E-state index contributed by atoms with van der Waals surface area (Å²) in [7, 11) is 0. The first-order valence-corrected chi connectivity index (χ1v) is 11.1. The minimum atomic E-state index is -0.120. The van der Waals surface area contributed by atoms with E-state index in [1.807, 2.05) is 25.1 Å². The van der Waals surface area contributed by atoms with Crippen molar-refractivity contribution in [2.75, 3.05) is 26.4 Å². The Morgan fingerprint density at radius 3 is 2.52 bits per heavy atom. The number of furan rings is 1. The highest BCUT2D eigenvalue weighted by molar-refractivity contribution is 5.88. The van der Waals surface area contributed by atoms with Crippen LogP contribution < -0.4 is 10.1 Å². The first-order valence-electron chi connectivity index (χ1n) is 11.1. The van der Waals surface area contributed by atoms with Crippen molar-refractivity contribution in [1.29, 1.82) is 0 Å². The van der Waals surface area contributed by atoms with E-state index in [0.29, 0.717) is 32.8 Å². The summed E-state index contributed by atoms with van der Waals surface area (Å²) in [5.74, 6) is 0.882. The van der Waals surface area contributed by atoms with Gasteiger partial charge in [-0.25, -0.2) is 0 Å². The molecule has 3 aromatic rings. The highest BCUT2D eigenvalue weighted by atomic mass is 16.5. The van der Waals surface area contributed by atoms with Crippen LogP contribution >= 0.6 is 0 Å². The summed E-state index contributed by atoms with van der Waals surface area (Å²) in [5, 5.41) is 4.21. The molecule has 1 amide bonds. The minimum absolute atomic E-state index is 0.0118. The number of aryl methyl sites for hydroxylation is 2. The highest BCUT2D eigenvalue weighted by Crippen LogP contribution is 2.35. The van der Waals surface area contributed by atoms with Gasteiger partial charge < -0.3 is 19.2 Å². The molecule has 0 bridgehead atoms. The number of benzene rings is 2. The molecule has 0 spiro atoms. The molecular formula is C26H31NO4. The minimum Gasteiger partial charge on any atom is -0.494 e. The Morgan fingerprint density at radius 1 is 1.10 bits per heavy atom. The number of amides is 1. The zero-order valence-electron chi connectivity index (χ0n) is 18.6. The fourth-order valence-electron chi connectivity index (χ4n) is 4.38. The molecule has 4 rings (SSSR count). The van der Waals surface area contributed by atoms with E-state index in [-0.39, 0.29) is 11.3 Å². The van der Waals surface area contributed by atoms with Crippen molar-refractivity contribution >= 4 is 16.9 Å². The second-order valence-corrected chi connectivity index (χ2v) is 8.50. The average Bonchev–Trinajstić information content (AvgIpc) is 3.15. The van der Waals surface area contributed by atoms with Crippen LogP contribution in [0.5, 0.6) is 5.75 Å². The molecule has 0 saturated carbocycles. The third-order valence-corrected chi connectivity index (χ3v) is 6.47. The van der Waals surface area contributed by atoms with Crippen LogP contribution in [0.25, 0.3) is 11.0 Å². The van der Waals surface area contributed by atoms with E-state index in [1.54, 1.807) is 6.26 Å². The van der Waals surface area contributed by atoms with Crippen molar-refractivity contribution < 1.29 is 18.7 Å². The van der Waals surface area contributed by atoms with Crippen LogP contribution in [0.2, 0.25) is 0 Å². The normalized spacial score (nSPS) is 15.7. The Bertz CT molecular complexity index is 1050. The summed E-state index contributed by atoms with van der Waals surface area (Å²) in [6.45, 7) is 8.78. The van der Waals surface area contributed by atoms with Crippen LogP contribution in [-0.4, -0.2) is 32.3 Å². The molecule has 0 aliphatic carbocycles. The van der Waals surface area contributed by atoms with Crippen molar-refractivity contribution in [3.63, 3.8) is 0 Å². The van der Waals surface area contributed by atoms with Gasteiger partial charge in [0.1, 0.15) is 11.3 Å². The van der Waals surface area contributed by atoms with Gasteiger partial charge in [0.2, 0.25) is 5.91 Å². The molecule has 1 aromatic heterocycles. The monoisotopic (exact) mass is 421 g/mol. The summed E-state index contributed by atoms with van der Waals surface area (Å²) < 4.78 is 16.9. The van der Waals surface area contributed by atoms with Gasteiger partial charge in [-0.3, -0.25) is 4.79 Å². The van der Waals surface area contributed by atoms with Crippen molar-refractivity contribution in [2.24, 2.45) is 0 Å². The second kappa shape index (κ2) is 9.15. The van der Waals surface area contributed by atoms with Crippen LogP contribution in [0, 0.1) is 13.8 Å². The van der Waals surface area contributed by atoms with Gasteiger partial charge >= 0.3 is 0 Å². The molecule has 1 aliphatic rings. The maximum absolute atomic E-state index is 12.9. The number of rotatable bonds is 7. The summed E-state index contributed by atoms with van der Waals surface area (Å²) >= 11 is 0. The van der Waals surface area contributed by atoms with E-state index < -0.39 is 0 Å². The maximum atomic E-state index is 12.9. The highest BCUT2D eigenvalue weighted by Gasteiger charge is 2.35. The molecule has 1 saturated heterocycles. The summed E-state index contributed by atoms with van der Waals surface area (Å²) in [6.07, 6.45) is 3.79. The summed E-state index contributed by atoms with van der Waals surface area (Å²) in [6, 6.07) is 12.4. The molecule has 1 fully saturated rings. The van der Waals surface area contributed by atoms with E-state index in [2.05, 4.69) is 37.4 Å². The van der Waals surface area contributed by atoms with Gasteiger partial charge in [0.15, 0.2) is 0 Å². The van der Waals surface area contributed by atoms with E-state index in [1.165, 1.54) is 16.7 Å². The predicted molar refractivity (Wildman–Crippen MR) is 122 cm³/mol. The van der Waals surface area contributed by atoms with E-state index in [4.69, 9.17) is 13.9 Å². The molecule has 0 radical (unpaired) electrons. The largest absolute Gasteiger partial charge is 0.494 e. The van der Waals surface area contributed by atoms with E-state index in [0.717, 1.165) is 35.1 Å². The zero-order valence-corrected chi connectivity index (χ0v) is 18.6. The fraction of sp³-hybridized carbons (Fsp3) is 0.423. The Hall–Kier alpha value is -2.79. The molecule has 0 unspecified atom stereocenters. The quantitative estimate of drug-likeness (QED) is 0.592. The standard InChI is InChI=1S/C26H31NO4/c1-4-30-22-7-5-21(6-8-22)26(9-11-29-12-10-26)17-27-25(28)15-20-16-31-24-14-19(3)18(2)13-23(20)24/h5-8,13-14,16H,4,9-12,15,17H2,1-3H3,(H,27,28). The molecule has 1 aliphatic heterocycles. The van der Waals surface area contributed by atoms with Crippen LogP contribution in [-0.2, 0) is 21.4 Å². The molecule has 2 heterocycles. The van der Waals surface area contributed by atoms with Crippen molar-refractivity contribution in [3.8, 4) is 5.75 Å². The number of carbonyl (C=O) groups is 1. The number of ether oxygens (including phenoxy) is 2. The van der Waals surface area contributed by atoms with Crippen LogP contribution in [0.4, 0.5) is 0 Å². The molecule has 5 nitrogen and oxygen atoms in total. The predicted octanol–water partition coefficient (Wildman–Crippen LogP) is 4.86. The Balaban J connectivity index is 1.47. The third-order valence-electron chi connectivity index (χ3n) is 6.47. The van der Waals surface area contributed by atoms with Crippen LogP contribution in [0.3, 0.4) is 0 Å². The van der Waals surface area contributed by atoms with Gasteiger partial charge in [-0.1, -0.05) is 12.1 Å². The van der Waals surface area contributed by atoms with Gasteiger partial charge in [0.05, 0.1) is 19.3 Å². The van der Waals surface area contributed by atoms with Crippen LogP contribution in [0.1, 0.15) is 42.0 Å². The Kier molecular flexibility index (Phi) is 6.33. The lowest BCUT2D eigenvalue weighted by molar-refractivity contribution is -0.120. The molecular weight excluding hydrogens is 390 g/mol. The number of carbonyl (C=O) groups excluding carboxylic acids is 1. The number of hydrogen-bond acceptors (Lipinski definition) is 4. The summed E-state index contributed by atoms with van der Waals surface area (Å²) in [4.78, 5) is 12.9. The smallest absolute Gasteiger partial charge is 0.224 e. The zero-order chi connectivity index (χ0) is 21.8. The van der Waals surface area contributed by atoms with Gasteiger partial charge in [0, 0.05) is 36.1 Å². The number of nitrogens with one attached hydrogen (secondary N) is 1. The van der Waals surface area contributed by atoms with Gasteiger partial charge in [0.25, 0.3) is 0 Å². The lowest BCUT2D eigenvalue weighted by atomic mass is 9.74. The molecule has 0 atom stereocenters. The number of hydrogen-bond donors (Lipinski definition) is 1. The molecule has 164 valence electrons. The first-order chi connectivity index (χ1) is 15.0. The average molecular weight is 422 g/mol. The fourth-order valence-corrected chi connectivity index (χ4v) is 4.38. The van der Waals surface area contributed by atoms with Crippen molar-refractivity contribution in [2.45, 2.75) is 45.4 Å². The van der Waals surface area contributed by atoms with Gasteiger partial charge in [-0.05, 0) is 74.6 Å². The molecule has 5 heteroatoms. The third kappa shape index (κ3) is 4.62. The molecule has 31 heavy (non-hydrogen) atoms. The SMILES string of the molecule is CCOc1ccc(C2(CNC(=O)Cc3coc4cc(C)c(C)cc34)CCOCC2)cc1. The van der Waals surface area contributed by atoms with Gasteiger partial charge in [-0.15, -0.1) is 0 Å². The maximum Gasteiger partial charge on any atom is 0.224 e. The van der Waals surface area contributed by atoms with Crippen molar-refractivity contribution in [3.05, 3.63) is 64.9 Å². The number of fused-ring (bicyclic) bond motifs is 1.